The minimum absolute atomic E-state index is 0.0124. The lowest BCUT2D eigenvalue weighted by atomic mass is 10.2. The third-order valence-corrected chi connectivity index (χ3v) is 3.64. The molecule has 1 aromatic carbocycles. The molecule has 2 aromatic rings. The molecule has 3 rings (SSSR count). The molecule has 9 nitrogen and oxygen atoms in total. The highest BCUT2D eigenvalue weighted by atomic mass is 127. The van der Waals surface area contributed by atoms with Crippen molar-refractivity contribution >= 4 is 40.3 Å². The Labute approximate surface area is 144 Å². The SMILES string of the molecule is NC(N)=NCCOc1cccc2c1Nc1nc(=O)n(I)cc1O2. The molecule has 1 aliphatic rings. The van der Waals surface area contributed by atoms with Gasteiger partial charge in [-0.15, -0.1) is 0 Å². The second kappa shape index (κ2) is 6.32. The molecule has 0 aliphatic carbocycles. The monoisotopic (exact) mass is 428 g/mol. The van der Waals surface area contributed by atoms with Crippen LogP contribution in [0, 0.1) is 0 Å². The molecule has 1 aromatic heterocycles. The van der Waals surface area contributed by atoms with E-state index in [1.807, 2.05) is 22.9 Å². The maximum atomic E-state index is 11.6. The number of guanidine groups is 1. The highest BCUT2D eigenvalue weighted by Gasteiger charge is 2.22. The van der Waals surface area contributed by atoms with Crippen LogP contribution in [0.25, 0.3) is 0 Å². The van der Waals surface area contributed by atoms with E-state index >= 15 is 0 Å². The molecule has 120 valence electrons. The van der Waals surface area contributed by atoms with E-state index in [-0.39, 0.29) is 5.96 Å². The second-order valence-corrected chi connectivity index (χ2v) is 5.60. The van der Waals surface area contributed by atoms with Gasteiger partial charge in [0.25, 0.3) is 0 Å². The van der Waals surface area contributed by atoms with Crippen molar-refractivity contribution in [2.24, 2.45) is 16.5 Å². The molecule has 0 spiro atoms. The number of aromatic nitrogens is 2. The number of nitrogens with two attached hydrogens (primary N) is 2. The molecule has 1 aliphatic heterocycles. The van der Waals surface area contributed by atoms with Gasteiger partial charge < -0.3 is 26.3 Å². The lowest BCUT2D eigenvalue weighted by Crippen LogP contribution is -2.23. The van der Waals surface area contributed by atoms with Crippen LogP contribution in [0.2, 0.25) is 0 Å². The standard InChI is InChI=1S/C13H13IN6O3/c14-20-6-9-11(19-13(20)21)18-10-7(2-1-3-8(10)23-9)22-5-4-17-12(15)16/h1-3,6H,4-5H2,(H4,15,16,17)(H,18,19,21). The number of rotatable bonds is 4. The molecule has 0 saturated carbocycles. The van der Waals surface area contributed by atoms with Gasteiger partial charge in [0, 0.05) is 0 Å². The Balaban J connectivity index is 1.84. The Hall–Kier alpha value is -2.50. The molecule has 5 N–H and O–H groups in total. The lowest BCUT2D eigenvalue weighted by Gasteiger charge is -2.22. The van der Waals surface area contributed by atoms with Crippen molar-refractivity contribution in [1.29, 1.82) is 0 Å². The fraction of sp³-hybridized carbons (Fsp3) is 0.154. The van der Waals surface area contributed by atoms with Gasteiger partial charge in [-0.1, -0.05) is 6.07 Å². The number of ether oxygens (including phenoxy) is 2. The zero-order valence-corrected chi connectivity index (χ0v) is 14.0. The smallest absolute Gasteiger partial charge is 0.358 e. The molecule has 2 heterocycles. The molecular formula is C13H13IN6O3. The summed E-state index contributed by atoms with van der Waals surface area (Å²) in [5.74, 6) is 1.95. The maximum absolute atomic E-state index is 11.6. The third-order valence-electron chi connectivity index (χ3n) is 2.95. The summed E-state index contributed by atoms with van der Waals surface area (Å²) in [4.78, 5) is 19.4. The van der Waals surface area contributed by atoms with Crippen molar-refractivity contribution in [3.05, 3.63) is 34.9 Å². The molecule has 0 unspecified atom stereocenters. The van der Waals surface area contributed by atoms with E-state index in [2.05, 4.69) is 15.3 Å². The van der Waals surface area contributed by atoms with Crippen molar-refractivity contribution in [3.8, 4) is 17.2 Å². The summed E-state index contributed by atoms with van der Waals surface area (Å²) in [7, 11) is 0. The summed E-state index contributed by atoms with van der Waals surface area (Å²) >= 11 is 1.84. The van der Waals surface area contributed by atoms with Gasteiger partial charge in [0.05, 0.1) is 35.6 Å². The minimum Gasteiger partial charge on any atom is -0.489 e. The number of aliphatic imine (C=N–C) groups is 1. The van der Waals surface area contributed by atoms with Gasteiger partial charge in [0.2, 0.25) is 0 Å². The van der Waals surface area contributed by atoms with E-state index in [0.717, 1.165) is 0 Å². The predicted octanol–water partition coefficient (Wildman–Crippen LogP) is 0.943. The molecule has 0 bridgehead atoms. The topological polar surface area (TPSA) is 130 Å². The average Bonchev–Trinajstić information content (AvgIpc) is 2.51. The number of nitrogens with one attached hydrogen (secondary N) is 1. The van der Waals surface area contributed by atoms with Crippen LogP contribution in [0.15, 0.2) is 34.2 Å². The highest BCUT2D eigenvalue weighted by molar-refractivity contribution is 14.1. The summed E-state index contributed by atoms with van der Waals surface area (Å²) in [6.07, 6.45) is 1.56. The van der Waals surface area contributed by atoms with Gasteiger partial charge in [-0.05, 0) is 12.1 Å². The molecule has 0 saturated heterocycles. The summed E-state index contributed by atoms with van der Waals surface area (Å²) in [5.41, 5.74) is 10.7. The first kappa shape index (κ1) is 15.4. The average molecular weight is 428 g/mol. The Bertz CT molecular complexity index is 831. The van der Waals surface area contributed by atoms with Gasteiger partial charge in [-0.2, -0.15) is 4.98 Å². The van der Waals surface area contributed by atoms with E-state index in [4.69, 9.17) is 20.9 Å². The molecule has 0 radical (unpaired) electrons. The number of nitrogens with zero attached hydrogens (tertiary/aromatic N) is 3. The highest BCUT2D eigenvalue weighted by Crippen LogP contribution is 2.44. The van der Waals surface area contributed by atoms with Crippen LogP contribution in [-0.4, -0.2) is 26.9 Å². The number of anilines is 2. The number of hydrogen-bond donors (Lipinski definition) is 3. The third kappa shape index (κ3) is 3.31. The van der Waals surface area contributed by atoms with Gasteiger partial charge in [0.15, 0.2) is 23.3 Å². The molecule has 0 atom stereocenters. The van der Waals surface area contributed by atoms with E-state index in [1.54, 1.807) is 24.4 Å². The fourth-order valence-corrected chi connectivity index (χ4v) is 2.35. The van der Waals surface area contributed by atoms with Crippen molar-refractivity contribution in [1.82, 2.24) is 7.76 Å². The van der Waals surface area contributed by atoms with Gasteiger partial charge in [-0.25, -0.2) is 7.58 Å². The summed E-state index contributed by atoms with van der Waals surface area (Å²) in [6.45, 7) is 0.632. The number of para-hydroxylation sites is 1. The molecular weight excluding hydrogens is 415 g/mol. The van der Waals surface area contributed by atoms with Crippen molar-refractivity contribution in [2.45, 2.75) is 0 Å². The zero-order valence-electron chi connectivity index (χ0n) is 11.8. The van der Waals surface area contributed by atoms with Crippen molar-refractivity contribution in [3.63, 3.8) is 0 Å². The normalized spacial score (nSPS) is 11.5. The Morgan fingerprint density at radius 2 is 2.26 bits per heavy atom. The van der Waals surface area contributed by atoms with Crippen LogP contribution < -0.4 is 31.9 Å². The van der Waals surface area contributed by atoms with Crippen molar-refractivity contribution < 1.29 is 9.47 Å². The lowest BCUT2D eigenvalue weighted by molar-refractivity contribution is 0.328. The largest absolute Gasteiger partial charge is 0.489 e. The summed E-state index contributed by atoms with van der Waals surface area (Å²) < 4.78 is 12.7. The van der Waals surface area contributed by atoms with Gasteiger partial charge in [-0.3, -0.25) is 4.99 Å². The zero-order chi connectivity index (χ0) is 16.4. The van der Waals surface area contributed by atoms with Crippen LogP contribution in [0.5, 0.6) is 17.2 Å². The van der Waals surface area contributed by atoms with Crippen LogP contribution in [-0.2, 0) is 0 Å². The van der Waals surface area contributed by atoms with Crippen LogP contribution in [0.1, 0.15) is 0 Å². The minimum atomic E-state index is -0.393. The second-order valence-electron chi connectivity index (χ2n) is 4.56. The Morgan fingerprint density at radius 3 is 3.04 bits per heavy atom. The van der Waals surface area contributed by atoms with E-state index in [0.29, 0.717) is 41.9 Å². The maximum Gasteiger partial charge on any atom is 0.358 e. The van der Waals surface area contributed by atoms with E-state index in [1.165, 1.54) is 2.78 Å². The number of hydrogen-bond acceptors (Lipinski definition) is 6. The van der Waals surface area contributed by atoms with Crippen LogP contribution in [0.3, 0.4) is 0 Å². The quantitative estimate of drug-likeness (QED) is 0.244. The first-order chi connectivity index (χ1) is 11.0. The summed E-state index contributed by atoms with van der Waals surface area (Å²) in [6, 6.07) is 5.36. The van der Waals surface area contributed by atoms with Crippen LogP contribution >= 0.6 is 22.9 Å². The number of benzene rings is 1. The molecule has 23 heavy (non-hydrogen) atoms. The first-order valence-electron chi connectivity index (χ1n) is 6.60. The first-order valence-corrected chi connectivity index (χ1v) is 7.57. The van der Waals surface area contributed by atoms with Gasteiger partial charge in [0.1, 0.15) is 18.0 Å². The van der Waals surface area contributed by atoms with Crippen molar-refractivity contribution in [2.75, 3.05) is 18.5 Å². The molecule has 10 heteroatoms. The van der Waals surface area contributed by atoms with E-state index in [9.17, 15) is 4.79 Å². The summed E-state index contributed by atoms with van der Waals surface area (Å²) in [5, 5.41) is 3.06. The Morgan fingerprint density at radius 1 is 1.43 bits per heavy atom. The number of halogens is 1. The molecule has 0 fully saturated rings. The predicted molar refractivity (Wildman–Crippen MR) is 93.9 cm³/mol. The van der Waals surface area contributed by atoms with E-state index < -0.39 is 5.69 Å². The van der Waals surface area contributed by atoms with Crippen LogP contribution in [0.4, 0.5) is 11.5 Å². The number of fused-ring (bicyclic) bond motifs is 2. The molecule has 0 amide bonds. The van der Waals surface area contributed by atoms with Gasteiger partial charge >= 0.3 is 5.69 Å². The Kier molecular flexibility index (Phi) is 4.23. The fourth-order valence-electron chi connectivity index (χ4n) is 1.99.